The zero-order valence-electron chi connectivity index (χ0n) is 16.9. The van der Waals surface area contributed by atoms with Gasteiger partial charge in [-0.25, -0.2) is 0 Å². The average molecular weight is 411 g/mol. The molecular formula is C24H27ClN2O2. The third-order valence-corrected chi connectivity index (χ3v) is 5.91. The summed E-state index contributed by atoms with van der Waals surface area (Å²) in [5.74, 6) is 0.0962. The molecule has 1 aliphatic heterocycles. The fourth-order valence-corrected chi connectivity index (χ4v) is 3.75. The van der Waals surface area contributed by atoms with E-state index in [0.29, 0.717) is 31.0 Å². The van der Waals surface area contributed by atoms with Gasteiger partial charge in [0.05, 0.1) is 6.04 Å². The summed E-state index contributed by atoms with van der Waals surface area (Å²) in [5.41, 5.74) is 2.06. The van der Waals surface area contributed by atoms with Gasteiger partial charge < -0.3 is 9.80 Å². The lowest BCUT2D eigenvalue weighted by atomic mass is 9.94. The molecule has 1 aliphatic rings. The Labute approximate surface area is 177 Å². The molecule has 1 atom stereocenters. The molecular weight excluding hydrogens is 384 g/mol. The molecule has 1 unspecified atom stereocenters. The lowest BCUT2D eigenvalue weighted by molar-refractivity contribution is -0.139. The maximum Gasteiger partial charge on any atom is 0.246 e. The quantitative estimate of drug-likeness (QED) is 0.663. The van der Waals surface area contributed by atoms with Gasteiger partial charge in [0.1, 0.15) is 0 Å². The molecule has 0 aromatic heterocycles. The van der Waals surface area contributed by atoms with E-state index in [1.165, 1.54) is 0 Å². The van der Waals surface area contributed by atoms with Crippen LogP contribution in [0.4, 0.5) is 0 Å². The molecule has 0 N–H and O–H groups in total. The summed E-state index contributed by atoms with van der Waals surface area (Å²) in [7, 11) is 1.85. The summed E-state index contributed by atoms with van der Waals surface area (Å²) < 4.78 is 0. The van der Waals surface area contributed by atoms with Crippen LogP contribution in [0.3, 0.4) is 0 Å². The van der Waals surface area contributed by atoms with Gasteiger partial charge in [-0.3, -0.25) is 9.59 Å². The van der Waals surface area contributed by atoms with Crippen molar-refractivity contribution < 1.29 is 9.59 Å². The Morgan fingerprint density at radius 3 is 2.31 bits per heavy atom. The number of likely N-dealkylation sites (tertiary alicyclic amines) is 1. The summed E-state index contributed by atoms with van der Waals surface area (Å²) >= 11 is 5.96. The minimum Gasteiger partial charge on any atom is -0.339 e. The number of piperidine rings is 1. The highest BCUT2D eigenvalue weighted by Gasteiger charge is 2.30. The summed E-state index contributed by atoms with van der Waals surface area (Å²) in [4.78, 5) is 29.0. The van der Waals surface area contributed by atoms with E-state index in [1.54, 1.807) is 11.0 Å². The normalized spacial score (nSPS) is 16.0. The Kier molecular flexibility index (Phi) is 7.10. The molecule has 1 saturated heterocycles. The summed E-state index contributed by atoms with van der Waals surface area (Å²) in [6, 6.07) is 17.4. The summed E-state index contributed by atoms with van der Waals surface area (Å²) in [6.45, 7) is 3.24. The smallest absolute Gasteiger partial charge is 0.246 e. The van der Waals surface area contributed by atoms with Crippen molar-refractivity contribution in [2.75, 3.05) is 20.1 Å². The molecule has 1 heterocycles. The van der Waals surface area contributed by atoms with Crippen LogP contribution >= 0.6 is 11.6 Å². The Balaban J connectivity index is 1.52. The highest BCUT2D eigenvalue weighted by molar-refractivity contribution is 6.30. The van der Waals surface area contributed by atoms with Crippen molar-refractivity contribution >= 4 is 29.5 Å². The van der Waals surface area contributed by atoms with Crippen LogP contribution in [0.2, 0.25) is 5.02 Å². The van der Waals surface area contributed by atoms with Crippen molar-refractivity contribution in [3.8, 4) is 0 Å². The molecule has 5 heteroatoms. The van der Waals surface area contributed by atoms with Gasteiger partial charge in [-0.2, -0.15) is 0 Å². The third kappa shape index (κ3) is 5.48. The number of rotatable bonds is 5. The van der Waals surface area contributed by atoms with E-state index in [4.69, 9.17) is 11.6 Å². The molecule has 4 nitrogen and oxygen atoms in total. The maximum atomic E-state index is 12.9. The monoisotopic (exact) mass is 410 g/mol. The van der Waals surface area contributed by atoms with E-state index in [-0.39, 0.29) is 23.8 Å². The second-order valence-corrected chi connectivity index (χ2v) is 7.96. The van der Waals surface area contributed by atoms with Crippen LogP contribution in [-0.2, 0) is 9.59 Å². The number of nitrogens with zero attached hydrogens (tertiary/aromatic N) is 2. The first-order valence-electron chi connectivity index (χ1n) is 10.00. The number of carbonyl (C=O) groups is 2. The molecule has 152 valence electrons. The van der Waals surface area contributed by atoms with E-state index < -0.39 is 0 Å². The highest BCUT2D eigenvalue weighted by Crippen LogP contribution is 2.26. The predicted molar refractivity (Wildman–Crippen MR) is 117 cm³/mol. The molecule has 2 aromatic carbocycles. The van der Waals surface area contributed by atoms with Gasteiger partial charge in [0, 0.05) is 37.2 Å². The van der Waals surface area contributed by atoms with Gasteiger partial charge in [-0.05, 0) is 49.1 Å². The largest absolute Gasteiger partial charge is 0.339 e. The van der Waals surface area contributed by atoms with Crippen molar-refractivity contribution in [1.82, 2.24) is 9.80 Å². The van der Waals surface area contributed by atoms with Gasteiger partial charge in [0.25, 0.3) is 0 Å². The number of hydrogen-bond acceptors (Lipinski definition) is 2. The van der Waals surface area contributed by atoms with Gasteiger partial charge >= 0.3 is 0 Å². The van der Waals surface area contributed by atoms with Crippen LogP contribution < -0.4 is 0 Å². The maximum absolute atomic E-state index is 12.9. The van der Waals surface area contributed by atoms with Gasteiger partial charge in [-0.15, -0.1) is 0 Å². The van der Waals surface area contributed by atoms with Crippen LogP contribution in [-0.4, -0.2) is 41.8 Å². The molecule has 0 spiro atoms. The predicted octanol–water partition coefficient (Wildman–Crippen LogP) is 4.81. The number of amides is 2. The Morgan fingerprint density at radius 1 is 1.07 bits per heavy atom. The fourth-order valence-electron chi connectivity index (χ4n) is 3.63. The number of halogens is 1. The zero-order chi connectivity index (χ0) is 20.8. The van der Waals surface area contributed by atoms with E-state index in [9.17, 15) is 9.59 Å². The van der Waals surface area contributed by atoms with Crippen LogP contribution in [0, 0.1) is 5.92 Å². The topological polar surface area (TPSA) is 40.6 Å². The third-order valence-electron chi connectivity index (χ3n) is 5.65. The van der Waals surface area contributed by atoms with E-state index in [1.807, 2.05) is 79.5 Å². The van der Waals surface area contributed by atoms with Gasteiger partial charge in [-0.1, -0.05) is 54.1 Å². The molecule has 0 bridgehead atoms. The molecule has 2 aromatic rings. The van der Waals surface area contributed by atoms with Crippen molar-refractivity contribution in [3.63, 3.8) is 0 Å². The molecule has 0 radical (unpaired) electrons. The molecule has 1 fully saturated rings. The number of carbonyl (C=O) groups excluding carboxylic acids is 2. The zero-order valence-corrected chi connectivity index (χ0v) is 17.7. The lowest BCUT2D eigenvalue weighted by Crippen LogP contribution is -2.43. The molecule has 0 aliphatic carbocycles. The van der Waals surface area contributed by atoms with Crippen molar-refractivity contribution in [2.45, 2.75) is 25.8 Å². The molecule has 0 saturated carbocycles. The first-order chi connectivity index (χ1) is 14.0. The standard InChI is InChI=1S/C24H27ClN2O2/c1-18(20-9-11-22(25)12-10-20)26(2)24(29)21-14-16-27(17-15-21)23(28)13-8-19-6-4-3-5-7-19/h3-13,18,21H,14-17H2,1-2H3/b13-8+. The highest BCUT2D eigenvalue weighted by atomic mass is 35.5. The Morgan fingerprint density at radius 2 is 1.69 bits per heavy atom. The number of hydrogen-bond donors (Lipinski definition) is 0. The second-order valence-electron chi connectivity index (χ2n) is 7.52. The second kappa shape index (κ2) is 9.75. The first-order valence-corrected chi connectivity index (χ1v) is 10.4. The average Bonchev–Trinajstić information content (AvgIpc) is 2.77. The summed E-state index contributed by atoms with van der Waals surface area (Å²) in [5, 5.41) is 0.688. The van der Waals surface area contributed by atoms with Gasteiger partial charge in [0.15, 0.2) is 0 Å². The van der Waals surface area contributed by atoms with E-state index in [2.05, 4.69) is 0 Å². The van der Waals surface area contributed by atoms with Crippen LogP contribution in [0.25, 0.3) is 6.08 Å². The van der Waals surface area contributed by atoms with E-state index in [0.717, 1.165) is 11.1 Å². The number of benzene rings is 2. The van der Waals surface area contributed by atoms with Crippen molar-refractivity contribution in [3.05, 3.63) is 76.8 Å². The molecule has 29 heavy (non-hydrogen) atoms. The van der Waals surface area contributed by atoms with Crippen molar-refractivity contribution in [2.24, 2.45) is 5.92 Å². The van der Waals surface area contributed by atoms with Gasteiger partial charge in [0.2, 0.25) is 11.8 Å². The minimum atomic E-state index is -0.0445. The van der Waals surface area contributed by atoms with Crippen LogP contribution in [0.5, 0.6) is 0 Å². The Bertz CT molecular complexity index is 856. The van der Waals surface area contributed by atoms with Crippen LogP contribution in [0.15, 0.2) is 60.7 Å². The summed E-state index contributed by atoms with van der Waals surface area (Å²) in [6.07, 6.45) is 4.84. The SMILES string of the molecule is CC(c1ccc(Cl)cc1)N(C)C(=O)C1CCN(C(=O)/C=C/c2ccccc2)CC1. The van der Waals surface area contributed by atoms with Crippen molar-refractivity contribution in [1.29, 1.82) is 0 Å². The fraction of sp³-hybridized carbons (Fsp3) is 0.333. The Hall–Kier alpha value is -2.59. The molecule has 3 rings (SSSR count). The van der Waals surface area contributed by atoms with E-state index >= 15 is 0 Å². The minimum absolute atomic E-state index is 0.00244. The lowest BCUT2D eigenvalue weighted by Gasteiger charge is -2.34. The first kappa shape index (κ1) is 21.1. The molecule has 2 amide bonds. The van der Waals surface area contributed by atoms with Crippen LogP contribution in [0.1, 0.15) is 36.9 Å².